The van der Waals surface area contributed by atoms with Gasteiger partial charge >= 0.3 is 0 Å². The maximum absolute atomic E-state index is 12.0. The quantitative estimate of drug-likeness (QED) is 0.162. The van der Waals surface area contributed by atoms with Crippen LogP contribution in [0.15, 0.2) is 29.3 Å². The molecule has 1 aromatic rings. The van der Waals surface area contributed by atoms with Crippen LogP contribution in [-0.2, 0) is 11.2 Å². The largest absolute Gasteiger partial charge is 0.357 e. The topological polar surface area (TPSA) is 94.6 Å². The molecule has 8 heteroatoms. The summed E-state index contributed by atoms with van der Waals surface area (Å²) in [4.78, 5) is 28.3. The van der Waals surface area contributed by atoms with Gasteiger partial charge < -0.3 is 21.3 Å². The number of carbonyl (C=O) groups excluding carboxylic acids is 2. The molecular formula is C22H36IN5O2. The zero-order valence-corrected chi connectivity index (χ0v) is 20.5. The molecule has 0 spiro atoms. The predicted octanol–water partition coefficient (Wildman–Crippen LogP) is 2.46. The minimum absolute atomic E-state index is 0. The third kappa shape index (κ3) is 9.77. The van der Waals surface area contributed by atoms with Crippen molar-refractivity contribution in [3.05, 3.63) is 35.4 Å². The van der Waals surface area contributed by atoms with Gasteiger partial charge in [-0.1, -0.05) is 25.0 Å². The van der Waals surface area contributed by atoms with Crippen LogP contribution >= 0.6 is 24.0 Å². The summed E-state index contributed by atoms with van der Waals surface area (Å²) in [6.07, 6.45) is 6.31. The van der Waals surface area contributed by atoms with E-state index in [4.69, 9.17) is 0 Å². The summed E-state index contributed by atoms with van der Waals surface area (Å²) in [7, 11) is 1.63. The van der Waals surface area contributed by atoms with Crippen LogP contribution in [0.1, 0.15) is 54.9 Å². The third-order valence-corrected chi connectivity index (χ3v) is 5.12. The van der Waals surface area contributed by atoms with Crippen LogP contribution in [0.25, 0.3) is 0 Å². The van der Waals surface area contributed by atoms with Gasteiger partial charge in [0.2, 0.25) is 5.91 Å². The predicted molar refractivity (Wildman–Crippen MR) is 133 cm³/mol. The van der Waals surface area contributed by atoms with Gasteiger partial charge in [-0.05, 0) is 49.8 Å². The third-order valence-electron chi connectivity index (χ3n) is 5.12. The lowest BCUT2D eigenvalue weighted by molar-refractivity contribution is -0.121. The monoisotopic (exact) mass is 529 g/mol. The number of hydrogen-bond donors (Lipinski definition) is 4. The Morgan fingerprint density at radius 2 is 1.83 bits per heavy atom. The van der Waals surface area contributed by atoms with E-state index in [1.165, 1.54) is 25.7 Å². The molecular weight excluding hydrogens is 493 g/mol. The van der Waals surface area contributed by atoms with Gasteiger partial charge in [0, 0.05) is 45.2 Å². The molecule has 2 rings (SSSR count). The molecule has 0 saturated heterocycles. The Morgan fingerprint density at radius 1 is 1.10 bits per heavy atom. The van der Waals surface area contributed by atoms with E-state index in [9.17, 15) is 9.59 Å². The fraction of sp³-hybridized carbons (Fsp3) is 0.591. The lowest BCUT2D eigenvalue weighted by Gasteiger charge is -2.13. The molecule has 168 valence electrons. The number of nitrogens with one attached hydrogen (secondary N) is 4. The molecule has 0 aliphatic heterocycles. The number of halogens is 1. The van der Waals surface area contributed by atoms with Gasteiger partial charge in [-0.15, -0.1) is 24.0 Å². The van der Waals surface area contributed by atoms with Crippen molar-refractivity contribution < 1.29 is 9.59 Å². The maximum atomic E-state index is 12.0. The van der Waals surface area contributed by atoms with Crippen LogP contribution < -0.4 is 21.3 Å². The number of amides is 2. The number of benzene rings is 1. The first-order valence-corrected chi connectivity index (χ1v) is 10.7. The number of aliphatic imine (C=N–C) groups is 1. The highest BCUT2D eigenvalue weighted by molar-refractivity contribution is 14.0. The van der Waals surface area contributed by atoms with Crippen LogP contribution in [0.5, 0.6) is 0 Å². The van der Waals surface area contributed by atoms with Crippen LogP contribution in [0.3, 0.4) is 0 Å². The van der Waals surface area contributed by atoms with Crippen LogP contribution in [0.4, 0.5) is 0 Å². The zero-order chi connectivity index (χ0) is 20.9. The molecule has 1 aliphatic rings. The summed E-state index contributed by atoms with van der Waals surface area (Å²) < 4.78 is 0. The van der Waals surface area contributed by atoms with Gasteiger partial charge in [-0.3, -0.25) is 14.6 Å². The highest BCUT2D eigenvalue weighted by Crippen LogP contribution is 2.27. The van der Waals surface area contributed by atoms with Crippen molar-refractivity contribution in [2.75, 3.05) is 33.2 Å². The lowest BCUT2D eigenvalue weighted by Crippen LogP contribution is -2.41. The van der Waals surface area contributed by atoms with Crippen LogP contribution in [0, 0.1) is 5.92 Å². The Bertz CT molecular complexity index is 690. The minimum Gasteiger partial charge on any atom is -0.357 e. The molecule has 7 nitrogen and oxygen atoms in total. The lowest BCUT2D eigenvalue weighted by atomic mass is 10.0. The number of carbonyl (C=O) groups is 2. The van der Waals surface area contributed by atoms with Crippen molar-refractivity contribution in [3.8, 4) is 0 Å². The van der Waals surface area contributed by atoms with Gasteiger partial charge in [0.15, 0.2) is 5.96 Å². The van der Waals surface area contributed by atoms with Gasteiger partial charge in [0.25, 0.3) is 5.91 Å². The maximum Gasteiger partial charge on any atom is 0.251 e. The molecule has 1 saturated carbocycles. The first-order valence-electron chi connectivity index (χ1n) is 10.7. The fourth-order valence-electron chi connectivity index (χ4n) is 3.58. The van der Waals surface area contributed by atoms with E-state index < -0.39 is 0 Å². The molecule has 1 aromatic carbocycles. The first-order chi connectivity index (χ1) is 14.1. The SMILES string of the molecule is CCNC(=NCCc1cccc(C(=O)NC)c1)NCCNC(=O)CC1CCCC1.I. The van der Waals surface area contributed by atoms with Crippen LogP contribution in [-0.4, -0.2) is 51.0 Å². The molecule has 2 amide bonds. The van der Waals surface area contributed by atoms with E-state index in [1.54, 1.807) is 13.1 Å². The number of nitrogens with zero attached hydrogens (tertiary/aromatic N) is 1. The average Bonchev–Trinajstić information content (AvgIpc) is 3.23. The van der Waals surface area contributed by atoms with E-state index in [0.717, 1.165) is 24.5 Å². The normalized spacial score (nSPS) is 14.0. The van der Waals surface area contributed by atoms with Crippen molar-refractivity contribution in [1.82, 2.24) is 21.3 Å². The van der Waals surface area contributed by atoms with Crippen molar-refractivity contribution in [2.24, 2.45) is 10.9 Å². The van der Waals surface area contributed by atoms with E-state index >= 15 is 0 Å². The van der Waals surface area contributed by atoms with Gasteiger partial charge in [0.05, 0.1) is 0 Å². The number of rotatable bonds is 10. The summed E-state index contributed by atoms with van der Waals surface area (Å²) in [6.45, 7) is 4.62. The van der Waals surface area contributed by atoms with E-state index in [1.807, 2.05) is 25.1 Å². The molecule has 1 fully saturated rings. The minimum atomic E-state index is -0.0830. The highest BCUT2D eigenvalue weighted by Gasteiger charge is 2.17. The smallest absolute Gasteiger partial charge is 0.251 e. The van der Waals surface area contributed by atoms with Crippen molar-refractivity contribution >= 4 is 41.8 Å². The van der Waals surface area contributed by atoms with E-state index in [0.29, 0.717) is 37.5 Å². The van der Waals surface area contributed by atoms with E-state index in [2.05, 4.69) is 26.3 Å². The molecule has 0 atom stereocenters. The molecule has 0 heterocycles. The molecule has 0 unspecified atom stereocenters. The Balaban J connectivity index is 0.00000450. The van der Waals surface area contributed by atoms with Crippen molar-refractivity contribution in [2.45, 2.75) is 45.4 Å². The number of hydrogen-bond acceptors (Lipinski definition) is 3. The van der Waals surface area contributed by atoms with Gasteiger partial charge in [-0.2, -0.15) is 0 Å². The highest BCUT2D eigenvalue weighted by atomic mass is 127. The van der Waals surface area contributed by atoms with E-state index in [-0.39, 0.29) is 35.8 Å². The molecule has 0 radical (unpaired) electrons. The van der Waals surface area contributed by atoms with Gasteiger partial charge in [0.1, 0.15) is 0 Å². The molecule has 0 bridgehead atoms. The average molecular weight is 529 g/mol. The zero-order valence-electron chi connectivity index (χ0n) is 18.1. The Hall–Kier alpha value is -1.84. The van der Waals surface area contributed by atoms with Crippen molar-refractivity contribution in [3.63, 3.8) is 0 Å². The standard InChI is InChI=1S/C22H35N5O2.HI/c1-3-24-22(27-14-13-25-20(28)16-17-7-4-5-8-17)26-12-11-18-9-6-10-19(15-18)21(29)23-2;/h6,9-10,15,17H,3-5,7-8,11-14,16H2,1-2H3,(H,23,29)(H,25,28)(H2,24,26,27);1H. The number of guanidine groups is 1. The fourth-order valence-corrected chi connectivity index (χ4v) is 3.58. The summed E-state index contributed by atoms with van der Waals surface area (Å²) in [6, 6.07) is 7.59. The molecule has 30 heavy (non-hydrogen) atoms. The summed E-state index contributed by atoms with van der Waals surface area (Å²) in [5.41, 5.74) is 1.73. The van der Waals surface area contributed by atoms with Crippen molar-refractivity contribution in [1.29, 1.82) is 0 Å². The summed E-state index contributed by atoms with van der Waals surface area (Å²) in [5.74, 6) is 1.38. The molecule has 1 aliphatic carbocycles. The Labute approximate surface area is 197 Å². The second-order valence-corrected chi connectivity index (χ2v) is 7.42. The summed E-state index contributed by atoms with van der Waals surface area (Å²) >= 11 is 0. The molecule has 0 aromatic heterocycles. The van der Waals surface area contributed by atoms with Crippen LogP contribution in [0.2, 0.25) is 0 Å². The second-order valence-electron chi connectivity index (χ2n) is 7.42. The first kappa shape index (κ1) is 26.2. The molecule has 4 N–H and O–H groups in total. The Morgan fingerprint density at radius 3 is 2.53 bits per heavy atom. The summed E-state index contributed by atoms with van der Waals surface area (Å²) in [5, 5.41) is 12.1. The Kier molecular flexibility index (Phi) is 13.1. The second kappa shape index (κ2) is 15.0. The van der Waals surface area contributed by atoms with Gasteiger partial charge in [-0.25, -0.2) is 0 Å².